The van der Waals surface area contributed by atoms with Crippen molar-refractivity contribution in [2.75, 3.05) is 5.32 Å². The van der Waals surface area contributed by atoms with Crippen LogP contribution in [0.1, 0.15) is 21.5 Å². The van der Waals surface area contributed by atoms with E-state index in [1.54, 1.807) is 25.1 Å². The molecular weight excluding hydrogens is 359 g/mol. The van der Waals surface area contributed by atoms with Gasteiger partial charge < -0.3 is 10.4 Å². The molecule has 1 aromatic carbocycles. The molecule has 2 N–H and O–H groups in total. The number of carbonyl (C=O) groups excluding carboxylic acids is 1. The Kier molecular flexibility index (Phi) is 4.81. The van der Waals surface area contributed by atoms with Crippen LogP contribution in [-0.2, 0) is 0 Å². The summed E-state index contributed by atoms with van der Waals surface area (Å²) in [5.41, 5.74) is 1.44. The number of allylic oxidation sites excluding steroid dienone is 1. The molecule has 3 rings (SSSR count). The number of amides is 1. The molecule has 8 heteroatoms. The van der Waals surface area contributed by atoms with Gasteiger partial charge in [-0.1, -0.05) is 18.2 Å². The Morgan fingerprint density at radius 1 is 1.11 bits per heavy atom. The largest absolute Gasteiger partial charge is 0.493 e. The van der Waals surface area contributed by atoms with E-state index in [4.69, 9.17) is 0 Å². The second-order valence-corrected chi connectivity index (χ2v) is 5.82. The number of benzene rings is 1. The van der Waals surface area contributed by atoms with Crippen LogP contribution in [0.25, 0.3) is 17.1 Å². The van der Waals surface area contributed by atoms with Gasteiger partial charge in [0.05, 0.1) is 0 Å². The first-order chi connectivity index (χ1) is 12.7. The number of anilines is 1. The molecule has 0 saturated carbocycles. The summed E-state index contributed by atoms with van der Waals surface area (Å²) in [7, 11) is 0. The maximum Gasteiger partial charge on any atom is 0.409 e. The fourth-order valence-corrected chi connectivity index (χ4v) is 2.48. The number of pyridine rings is 2. The highest BCUT2D eigenvalue weighted by atomic mass is 19.4. The number of aromatic nitrogens is 2. The van der Waals surface area contributed by atoms with Crippen molar-refractivity contribution in [3.05, 3.63) is 65.2 Å². The number of aromatic hydroxyl groups is 1. The molecule has 0 radical (unpaired) electrons. The third-order valence-corrected chi connectivity index (χ3v) is 3.74. The molecule has 0 fully saturated rings. The summed E-state index contributed by atoms with van der Waals surface area (Å²) >= 11 is 0. The van der Waals surface area contributed by atoms with Crippen molar-refractivity contribution in [3.8, 4) is 5.88 Å². The van der Waals surface area contributed by atoms with Crippen LogP contribution in [0.15, 0.2) is 48.5 Å². The molecule has 2 heterocycles. The van der Waals surface area contributed by atoms with Gasteiger partial charge in [-0.2, -0.15) is 18.2 Å². The van der Waals surface area contributed by atoms with Crippen LogP contribution in [0, 0.1) is 6.92 Å². The third-order valence-electron chi connectivity index (χ3n) is 3.74. The van der Waals surface area contributed by atoms with E-state index in [0.29, 0.717) is 22.1 Å². The Bertz CT molecular complexity index is 1050. The van der Waals surface area contributed by atoms with E-state index in [1.165, 1.54) is 24.3 Å². The highest BCUT2D eigenvalue weighted by molar-refractivity contribution is 6.05. The van der Waals surface area contributed by atoms with Crippen molar-refractivity contribution >= 4 is 28.8 Å². The van der Waals surface area contributed by atoms with Gasteiger partial charge in [-0.05, 0) is 42.3 Å². The summed E-state index contributed by atoms with van der Waals surface area (Å²) in [6.07, 6.45) is -3.31. The van der Waals surface area contributed by atoms with Gasteiger partial charge in [0.2, 0.25) is 5.88 Å². The third kappa shape index (κ3) is 4.60. The highest BCUT2D eigenvalue weighted by Crippen LogP contribution is 2.21. The van der Waals surface area contributed by atoms with Crippen molar-refractivity contribution in [3.63, 3.8) is 0 Å². The standard InChI is InChI=1S/C19H14F3N3O2/c1-11-10-12(8-9-19(20,21)22)2-5-14(11)18(27)24-15-6-3-13-4-7-16(26)25-17(13)23-15/h2-10H,1H3,(H2,23,24,25,26,27)/b9-8+. The van der Waals surface area contributed by atoms with Crippen LogP contribution in [0.3, 0.4) is 0 Å². The molecule has 0 spiro atoms. The van der Waals surface area contributed by atoms with E-state index < -0.39 is 12.1 Å². The van der Waals surface area contributed by atoms with Gasteiger partial charge in [-0.15, -0.1) is 0 Å². The fraction of sp³-hybridized carbons (Fsp3) is 0.105. The van der Waals surface area contributed by atoms with Gasteiger partial charge in [-0.25, -0.2) is 4.98 Å². The molecule has 0 unspecified atom stereocenters. The minimum atomic E-state index is -4.39. The first-order valence-electron chi connectivity index (χ1n) is 7.86. The molecule has 0 saturated heterocycles. The molecule has 0 atom stereocenters. The molecule has 27 heavy (non-hydrogen) atoms. The van der Waals surface area contributed by atoms with Crippen LogP contribution in [-0.4, -0.2) is 27.2 Å². The van der Waals surface area contributed by atoms with E-state index in [1.807, 2.05) is 0 Å². The zero-order valence-electron chi connectivity index (χ0n) is 14.1. The number of hydrogen-bond acceptors (Lipinski definition) is 4. The summed E-state index contributed by atoms with van der Waals surface area (Å²) < 4.78 is 36.7. The molecule has 0 aliphatic carbocycles. The molecule has 3 aromatic rings. The Morgan fingerprint density at radius 3 is 2.56 bits per heavy atom. The van der Waals surface area contributed by atoms with E-state index >= 15 is 0 Å². The lowest BCUT2D eigenvalue weighted by molar-refractivity contribution is -0.0790. The van der Waals surface area contributed by atoms with Crippen molar-refractivity contribution in [1.29, 1.82) is 0 Å². The molecule has 0 aliphatic heterocycles. The van der Waals surface area contributed by atoms with Gasteiger partial charge in [0.25, 0.3) is 5.91 Å². The minimum Gasteiger partial charge on any atom is -0.493 e. The normalized spacial score (nSPS) is 11.9. The first kappa shape index (κ1) is 18.4. The number of halogens is 3. The molecule has 5 nitrogen and oxygen atoms in total. The zero-order chi connectivity index (χ0) is 19.6. The number of alkyl halides is 3. The quantitative estimate of drug-likeness (QED) is 0.710. The SMILES string of the molecule is Cc1cc(/C=C/C(F)(F)F)ccc1C(=O)Nc1ccc2ccc(O)nc2n1. The van der Waals surface area contributed by atoms with Crippen LogP contribution in [0.2, 0.25) is 0 Å². The summed E-state index contributed by atoms with van der Waals surface area (Å²) in [5, 5.41) is 12.7. The lowest BCUT2D eigenvalue weighted by Gasteiger charge is -2.09. The first-order valence-corrected chi connectivity index (χ1v) is 7.86. The second kappa shape index (κ2) is 7.06. The molecular formula is C19H14F3N3O2. The predicted octanol–water partition coefficient (Wildman–Crippen LogP) is 4.47. The topological polar surface area (TPSA) is 75.1 Å². The van der Waals surface area contributed by atoms with Gasteiger partial charge >= 0.3 is 6.18 Å². The lowest BCUT2D eigenvalue weighted by atomic mass is 10.0. The van der Waals surface area contributed by atoms with Crippen molar-refractivity contribution < 1.29 is 23.1 Å². The minimum absolute atomic E-state index is 0.142. The Labute approximate surface area is 152 Å². The molecule has 138 valence electrons. The van der Waals surface area contributed by atoms with Gasteiger partial charge in [0.1, 0.15) is 5.82 Å². The average Bonchev–Trinajstić information content (AvgIpc) is 2.59. The number of carbonyl (C=O) groups is 1. The number of nitrogens with zero attached hydrogens (tertiary/aromatic N) is 2. The maximum absolute atomic E-state index is 12.4. The van der Waals surface area contributed by atoms with Gasteiger partial charge in [-0.3, -0.25) is 4.79 Å². The zero-order valence-corrected chi connectivity index (χ0v) is 14.1. The van der Waals surface area contributed by atoms with Crippen molar-refractivity contribution in [1.82, 2.24) is 9.97 Å². The Morgan fingerprint density at radius 2 is 1.85 bits per heavy atom. The van der Waals surface area contributed by atoms with E-state index in [2.05, 4.69) is 15.3 Å². The summed E-state index contributed by atoms with van der Waals surface area (Å²) in [6, 6.07) is 10.7. The monoisotopic (exact) mass is 373 g/mol. The lowest BCUT2D eigenvalue weighted by Crippen LogP contribution is -2.14. The van der Waals surface area contributed by atoms with Crippen LogP contribution in [0.4, 0.5) is 19.0 Å². The van der Waals surface area contributed by atoms with Crippen LogP contribution >= 0.6 is 0 Å². The van der Waals surface area contributed by atoms with Gasteiger partial charge in [0.15, 0.2) is 5.65 Å². The molecule has 0 aliphatic rings. The molecule has 0 bridgehead atoms. The smallest absolute Gasteiger partial charge is 0.409 e. The highest BCUT2D eigenvalue weighted by Gasteiger charge is 2.21. The van der Waals surface area contributed by atoms with Crippen molar-refractivity contribution in [2.45, 2.75) is 13.1 Å². The number of nitrogens with one attached hydrogen (secondary N) is 1. The van der Waals surface area contributed by atoms with Crippen LogP contribution < -0.4 is 5.32 Å². The Balaban J connectivity index is 1.81. The number of aryl methyl sites for hydroxylation is 1. The van der Waals surface area contributed by atoms with E-state index in [9.17, 15) is 23.1 Å². The average molecular weight is 373 g/mol. The maximum atomic E-state index is 12.4. The van der Waals surface area contributed by atoms with Gasteiger partial charge in [0, 0.05) is 23.1 Å². The number of hydrogen-bond donors (Lipinski definition) is 2. The van der Waals surface area contributed by atoms with E-state index in [0.717, 1.165) is 6.08 Å². The predicted molar refractivity (Wildman–Crippen MR) is 95.4 cm³/mol. The fourth-order valence-electron chi connectivity index (χ4n) is 2.48. The van der Waals surface area contributed by atoms with E-state index in [-0.39, 0.29) is 23.4 Å². The summed E-state index contributed by atoms with van der Waals surface area (Å²) in [4.78, 5) is 20.5. The Hall–Kier alpha value is -3.42. The second-order valence-electron chi connectivity index (χ2n) is 5.82. The molecule has 1 amide bonds. The van der Waals surface area contributed by atoms with Crippen molar-refractivity contribution in [2.24, 2.45) is 0 Å². The summed E-state index contributed by atoms with van der Waals surface area (Å²) in [6.45, 7) is 1.63. The molecule has 2 aromatic heterocycles. The van der Waals surface area contributed by atoms with Crippen LogP contribution in [0.5, 0.6) is 5.88 Å². The number of fused-ring (bicyclic) bond motifs is 1. The summed E-state index contributed by atoms with van der Waals surface area (Å²) in [5.74, 6) is -0.395. The number of rotatable bonds is 3.